The molecule has 0 aliphatic heterocycles. The smallest absolute Gasteiger partial charge is 0.221 e. The molecule has 10 nitrogen and oxygen atoms in total. The van der Waals surface area contributed by atoms with Gasteiger partial charge in [0.15, 0.2) is 5.65 Å². The second-order valence-corrected chi connectivity index (χ2v) is 6.89. The average molecular weight is 389 g/mol. The third-order valence-electron chi connectivity index (χ3n) is 4.94. The summed E-state index contributed by atoms with van der Waals surface area (Å²) in [6, 6.07) is 3.92. The van der Waals surface area contributed by atoms with Crippen LogP contribution in [-0.2, 0) is 18.4 Å². The normalized spacial score (nSPS) is 12.8. The molecule has 146 valence electrons. The lowest BCUT2D eigenvalue weighted by Crippen LogP contribution is -2.11. The van der Waals surface area contributed by atoms with Crippen molar-refractivity contribution in [3.05, 3.63) is 54.4 Å². The number of rotatable bonds is 5. The van der Waals surface area contributed by atoms with E-state index >= 15 is 0 Å². The minimum absolute atomic E-state index is 0.0966. The standard InChI is InChI=1S/C19H19N9O/c1-12(13-4-5-17-20-7-15(11-29-3)27(17)10-13)28-19-18(24-25-28)21-8-16(23-19)14-6-22-26(2)9-14/h4-10,12H,11H2,1-3H3. The van der Waals surface area contributed by atoms with Crippen molar-refractivity contribution in [2.75, 3.05) is 7.11 Å². The number of aryl methyl sites for hydroxylation is 1. The molecule has 1 unspecified atom stereocenters. The first-order chi connectivity index (χ1) is 14.1. The highest BCUT2D eigenvalue weighted by molar-refractivity contribution is 5.69. The van der Waals surface area contributed by atoms with E-state index in [1.165, 1.54) is 0 Å². The van der Waals surface area contributed by atoms with E-state index in [2.05, 4.69) is 32.3 Å². The maximum Gasteiger partial charge on any atom is 0.221 e. The Bertz CT molecular complexity index is 1320. The molecule has 0 saturated heterocycles. The highest BCUT2D eigenvalue weighted by Crippen LogP contribution is 2.23. The fourth-order valence-electron chi connectivity index (χ4n) is 3.37. The van der Waals surface area contributed by atoms with Crippen LogP contribution in [0, 0.1) is 0 Å². The van der Waals surface area contributed by atoms with E-state index in [0.29, 0.717) is 17.9 Å². The SMILES string of the molecule is COCc1cnc2ccc(C(C)n3nnc4ncc(-c5cnn(C)c5)nc43)cn12. The maximum atomic E-state index is 5.27. The summed E-state index contributed by atoms with van der Waals surface area (Å²) < 4.78 is 10.8. The minimum atomic E-state index is -0.0966. The highest BCUT2D eigenvalue weighted by atomic mass is 16.5. The number of hydrogen-bond acceptors (Lipinski definition) is 7. The molecule has 0 aliphatic carbocycles. The van der Waals surface area contributed by atoms with Gasteiger partial charge in [0.1, 0.15) is 5.65 Å². The van der Waals surface area contributed by atoms with Crippen LogP contribution in [0.1, 0.15) is 24.2 Å². The van der Waals surface area contributed by atoms with E-state index in [4.69, 9.17) is 9.72 Å². The first-order valence-corrected chi connectivity index (χ1v) is 9.16. The van der Waals surface area contributed by atoms with Crippen molar-refractivity contribution in [1.82, 2.24) is 44.1 Å². The maximum absolute atomic E-state index is 5.27. The fourth-order valence-corrected chi connectivity index (χ4v) is 3.37. The molecule has 0 aliphatic rings. The molecule has 5 rings (SSSR count). The van der Waals surface area contributed by atoms with Gasteiger partial charge in [-0.05, 0) is 18.6 Å². The van der Waals surface area contributed by atoms with Crippen molar-refractivity contribution in [3.8, 4) is 11.3 Å². The Morgan fingerprint density at radius 1 is 1.10 bits per heavy atom. The zero-order valence-electron chi connectivity index (χ0n) is 16.3. The Morgan fingerprint density at radius 2 is 2.00 bits per heavy atom. The molecule has 5 heterocycles. The second-order valence-electron chi connectivity index (χ2n) is 6.89. The third kappa shape index (κ3) is 2.93. The van der Waals surface area contributed by atoms with Gasteiger partial charge in [0.2, 0.25) is 5.65 Å². The molecule has 5 aromatic heterocycles. The summed E-state index contributed by atoms with van der Waals surface area (Å²) in [5, 5.41) is 12.7. The fraction of sp³-hybridized carbons (Fsp3) is 0.263. The first kappa shape index (κ1) is 17.4. The average Bonchev–Trinajstić information content (AvgIpc) is 3.45. The Morgan fingerprint density at radius 3 is 2.79 bits per heavy atom. The topological polar surface area (TPSA) is 101 Å². The van der Waals surface area contributed by atoms with Crippen molar-refractivity contribution in [2.24, 2.45) is 7.05 Å². The summed E-state index contributed by atoms with van der Waals surface area (Å²) in [6.45, 7) is 2.55. The van der Waals surface area contributed by atoms with Gasteiger partial charge in [-0.25, -0.2) is 19.6 Å². The lowest BCUT2D eigenvalue weighted by molar-refractivity contribution is 0.181. The molecule has 5 aromatic rings. The number of fused-ring (bicyclic) bond motifs is 2. The van der Waals surface area contributed by atoms with Gasteiger partial charge in [-0.1, -0.05) is 11.3 Å². The van der Waals surface area contributed by atoms with E-state index in [-0.39, 0.29) is 6.04 Å². The summed E-state index contributed by atoms with van der Waals surface area (Å²) in [5.41, 5.74) is 5.66. The molecule has 0 bridgehead atoms. The summed E-state index contributed by atoms with van der Waals surface area (Å²) in [6.07, 6.45) is 9.23. The molecular formula is C19H19N9O. The van der Waals surface area contributed by atoms with Gasteiger partial charge >= 0.3 is 0 Å². The van der Waals surface area contributed by atoms with Crippen LogP contribution >= 0.6 is 0 Å². The second kappa shape index (κ2) is 6.74. The van der Waals surface area contributed by atoms with Crippen LogP contribution < -0.4 is 0 Å². The van der Waals surface area contributed by atoms with Crippen molar-refractivity contribution < 1.29 is 4.74 Å². The number of nitrogens with zero attached hydrogens (tertiary/aromatic N) is 9. The number of ether oxygens (including phenoxy) is 1. The largest absolute Gasteiger partial charge is 0.378 e. The molecule has 1 atom stereocenters. The number of methoxy groups -OCH3 is 1. The predicted octanol–water partition coefficient (Wildman–Crippen LogP) is 2.03. The van der Waals surface area contributed by atoms with Crippen molar-refractivity contribution >= 4 is 16.9 Å². The Balaban J connectivity index is 1.57. The van der Waals surface area contributed by atoms with E-state index in [1.54, 1.807) is 28.9 Å². The Kier molecular flexibility index (Phi) is 4.06. The van der Waals surface area contributed by atoms with Gasteiger partial charge in [0, 0.05) is 32.1 Å². The van der Waals surface area contributed by atoms with Crippen LogP contribution in [0.3, 0.4) is 0 Å². The van der Waals surface area contributed by atoms with E-state index in [1.807, 2.05) is 42.2 Å². The van der Waals surface area contributed by atoms with E-state index in [9.17, 15) is 0 Å². The Hall–Kier alpha value is -3.66. The van der Waals surface area contributed by atoms with Gasteiger partial charge < -0.3 is 9.14 Å². The molecule has 0 fully saturated rings. The number of aromatic nitrogens is 9. The lowest BCUT2D eigenvalue weighted by Gasteiger charge is -2.13. The van der Waals surface area contributed by atoms with Crippen LogP contribution in [-0.4, -0.2) is 51.2 Å². The van der Waals surface area contributed by atoms with Gasteiger partial charge in [-0.3, -0.25) is 4.68 Å². The number of hydrogen-bond donors (Lipinski definition) is 0. The van der Waals surface area contributed by atoms with Crippen molar-refractivity contribution in [3.63, 3.8) is 0 Å². The van der Waals surface area contributed by atoms with Crippen LogP contribution in [0.5, 0.6) is 0 Å². The molecule has 29 heavy (non-hydrogen) atoms. The van der Waals surface area contributed by atoms with Crippen LogP contribution in [0.4, 0.5) is 0 Å². The summed E-state index contributed by atoms with van der Waals surface area (Å²) in [5.74, 6) is 0. The molecule has 0 amide bonds. The quantitative estimate of drug-likeness (QED) is 0.453. The van der Waals surface area contributed by atoms with Gasteiger partial charge in [0.25, 0.3) is 0 Å². The third-order valence-corrected chi connectivity index (χ3v) is 4.94. The predicted molar refractivity (Wildman–Crippen MR) is 105 cm³/mol. The number of imidazole rings is 1. The summed E-state index contributed by atoms with van der Waals surface area (Å²) >= 11 is 0. The molecule has 0 radical (unpaired) electrons. The van der Waals surface area contributed by atoms with Crippen LogP contribution in [0.2, 0.25) is 0 Å². The molecule has 0 aromatic carbocycles. The monoisotopic (exact) mass is 389 g/mol. The van der Waals surface area contributed by atoms with Crippen molar-refractivity contribution in [1.29, 1.82) is 0 Å². The van der Waals surface area contributed by atoms with Crippen LogP contribution in [0.15, 0.2) is 43.1 Å². The Labute approximate surface area is 165 Å². The zero-order chi connectivity index (χ0) is 20.0. The molecular weight excluding hydrogens is 370 g/mol. The minimum Gasteiger partial charge on any atom is -0.378 e. The molecule has 0 spiro atoms. The molecule has 0 saturated carbocycles. The molecule has 0 N–H and O–H groups in total. The highest BCUT2D eigenvalue weighted by Gasteiger charge is 2.18. The van der Waals surface area contributed by atoms with Gasteiger partial charge in [-0.15, -0.1) is 5.10 Å². The first-order valence-electron chi connectivity index (χ1n) is 9.16. The molecule has 10 heteroatoms. The van der Waals surface area contributed by atoms with Crippen molar-refractivity contribution in [2.45, 2.75) is 19.6 Å². The lowest BCUT2D eigenvalue weighted by atomic mass is 10.1. The van der Waals surface area contributed by atoms with Gasteiger partial charge in [-0.2, -0.15) is 5.10 Å². The van der Waals surface area contributed by atoms with E-state index < -0.39 is 0 Å². The van der Waals surface area contributed by atoms with Gasteiger partial charge in [0.05, 0.1) is 42.6 Å². The number of pyridine rings is 1. The van der Waals surface area contributed by atoms with E-state index in [0.717, 1.165) is 28.2 Å². The summed E-state index contributed by atoms with van der Waals surface area (Å²) in [4.78, 5) is 13.6. The zero-order valence-corrected chi connectivity index (χ0v) is 16.3. The summed E-state index contributed by atoms with van der Waals surface area (Å²) in [7, 11) is 3.54. The van der Waals surface area contributed by atoms with Crippen LogP contribution in [0.25, 0.3) is 28.2 Å².